The van der Waals surface area contributed by atoms with Crippen molar-refractivity contribution in [2.75, 3.05) is 0 Å². The van der Waals surface area contributed by atoms with Gasteiger partial charge in [0.2, 0.25) is 0 Å². The summed E-state index contributed by atoms with van der Waals surface area (Å²) < 4.78 is 5.62. The van der Waals surface area contributed by atoms with Gasteiger partial charge in [0.05, 0.1) is 10.0 Å². The van der Waals surface area contributed by atoms with Gasteiger partial charge in [0.1, 0.15) is 16.5 Å². The largest absolute Gasteiger partial charge is 0.454 e. The fraction of sp³-hybridized carbons (Fsp3) is 0. The van der Waals surface area contributed by atoms with Crippen LogP contribution in [0.1, 0.15) is 5.56 Å². The molecule has 2 N–H and O–H groups in total. The highest BCUT2D eigenvalue weighted by molar-refractivity contribution is 7.80. The smallest absolute Gasteiger partial charge is 0.147 e. The average molecular weight is 333 g/mol. The molecule has 0 amide bonds. The molecule has 19 heavy (non-hydrogen) atoms. The summed E-state index contributed by atoms with van der Waals surface area (Å²) in [6.07, 6.45) is 0. The first kappa shape index (κ1) is 14.4. The Balaban J connectivity index is 2.33. The molecule has 0 radical (unpaired) electrons. The highest BCUT2D eigenvalue weighted by atomic mass is 35.5. The van der Waals surface area contributed by atoms with Gasteiger partial charge in [-0.05, 0) is 30.3 Å². The first-order valence-electron chi connectivity index (χ1n) is 5.19. The van der Waals surface area contributed by atoms with Crippen LogP contribution in [-0.2, 0) is 0 Å². The normalized spacial score (nSPS) is 10.3. The Morgan fingerprint density at radius 1 is 0.947 bits per heavy atom. The molecule has 0 saturated carbocycles. The molecule has 0 atom stereocenters. The molecule has 2 aromatic rings. The second-order valence-corrected chi connectivity index (χ2v) is 5.38. The van der Waals surface area contributed by atoms with E-state index in [1.54, 1.807) is 36.4 Å². The van der Waals surface area contributed by atoms with Crippen LogP contribution >= 0.6 is 47.0 Å². The van der Waals surface area contributed by atoms with E-state index < -0.39 is 0 Å². The van der Waals surface area contributed by atoms with Crippen LogP contribution < -0.4 is 10.5 Å². The van der Waals surface area contributed by atoms with E-state index in [0.29, 0.717) is 32.1 Å². The van der Waals surface area contributed by atoms with Gasteiger partial charge in [-0.1, -0.05) is 47.0 Å². The summed E-state index contributed by atoms with van der Waals surface area (Å²) in [7, 11) is 0. The molecule has 0 spiro atoms. The third-order valence-electron chi connectivity index (χ3n) is 2.33. The fourth-order valence-corrected chi connectivity index (χ4v) is 2.08. The third-order valence-corrected chi connectivity index (χ3v) is 3.41. The molecule has 2 rings (SSSR count). The van der Waals surface area contributed by atoms with Gasteiger partial charge in [0.25, 0.3) is 0 Å². The number of ether oxygens (including phenoxy) is 1. The van der Waals surface area contributed by atoms with Gasteiger partial charge in [-0.15, -0.1) is 0 Å². The molecule has 0 heterocycles. The van der Waals surface area contributed by atoms with E-state index in [0.717, 1.165) is 0 Å². The Bertz CT molecular complexity index is 646. The lowest BCUT2D eigenvalue weighted by Crippen LogP contribution is -2.08. The highest BCUT2D eigenvalue weighted by Gasteiger charge is 2.09. The van der Waals surface area contributed by atoms with E-state index in [9.17, 15) is 0 Å². The van der Waals surface area contributed by atoms with Crippen molar-refractivity contribution in [3.63, 3.8) is 0 Å². The minimum Gasteiger partial charge on any atom is -0.454 e. The zero-order valence-electron chi connectivity index (χ0n) is 9.49. The van der Waals surface area contributed by atoms with Crippen molar-refractivity contribution in [1.29, 1.82) is 0 Å². The molecule has 0 aromatic heterocycles. The maximum absolute atomic E-state index is 6.10. The first-order chi connectivity index (χ1) is 8.97. The monoisotopic (exact) mass is 331 g/mol. The second-order valence-electron chi connectivity index (χ2n) is 3.69. The van der Waals surface area contributed by atoms with Crippen molar-refractivity contribution in [1.82, 2.24) is 0 Å². The van der Waals surface area contributed by atoms with Crippen LogP contribution in [0.25, 0.3) is 0 Å². The van der Waals surface area contributed by atoms with E-state index >= 15 is 0 Å². The van der Waals surface area contributed by atoms with E-state index in [2.05, 4.69) is 0 Å². The lowest BCUT2D eigenvalue weighted by Gasteiger charge is -2.10. The van der Waals surface area contributed by atoms with Gasteiger partial charge in [0, 0.05) is 16.7 Å². The second kappa shape index (κ2) is 5.97. The van der Waals surface area contributed by atoms with Gasteiger partial charge < -0.3 is 10.5 Å². The maximum atomic E-state index is 6.10. The molecular weight excluding hydrogens is 325 g/mol. The van der Waals surface area contributed by atoms with Gasteiger partial charge in [-0.3, -0.25) is 0 Å². The van der Waals surface area contributed by atoms with Crippen LogP contribution in [-0.4, -0.2) is 4.99 Å². The number of hydrogen-bond acceptors (Lipinski definition) is 2. The summed E-state index contributed by atoms with van der Waals surface area (Å²) in [6, 6.07) is 9.97. The van der Waals surface area contributed by atoms with Crippen LogP contribution in [0.3, 0.4) is 0 Å². The van der Waals surface area contributed by atoms with E-state index in [4.69, 9.17) is 57.5 Å². The van der Waals surface area contributed by atoms with Crippen molar-refractivity contribution in [2.24, 2.45) is 5.73 Å². The lowest BCUT2D eigenvalue weighted by molar-refractivity contribution is 0.483. The minimum absolute atomic E-state index is 0.272. The third kappa shape index (κ3) is 3.51. The minimum atomic E-state index is 0.272. The molecule has 0 fully saturated rings. The summed E-state index contributed by atoms with van der Waals surface area (Å²) in [5.41, 5.74) is 6.19. The number of rotatable bonds is 3. The van der Waals surface area contributed by atoms with Crippen molar-refractivity contribution >= 4 is 52.0 Å². The molecule has 2 nitrogen and oxygen atoms in total. The van der Waals surface area contributed by atoms with Crippen LogP contribution in [0.5, 0.6) is 11.5 Å². The Hall–Kier alpha value is -1.000. The van der Waals surface area contributed by atoms with Gasteiger partial charge >= 0.3 is 0 Å². The summed E-state index contributed by atoms with van der Waals surface area (Å²) in [5, 5.41) is 1.36. The van der Waals surface area contributed by atoms with E-state index in [-0.39, 0.29) is 4.99 Å². The molecule has 0 aliphatic heterocycles. The van der Waals surface area contributed by atoms with Crippen LogP contribution in [0.4, 0.5) is 0 Å². The zero-order chi connectivity index (χ0) is 14.0. The summed E-state index contributed by atoms with van der Waals surface area (Å²) >= 11 is 22.9. The topological polar surface area (TPSA) is 35.2 Å². The predicted molar refractivity (Wildman–Crippen MR) is 83.9 cm³/mol. The Kier molecular flexibility index (Phi) is 4.53. The number of hydrogen-bond donors (Lipinski definition) is 1. The molecule has 0 aliphatic carbocycles. The van der Waals surface area contributed by atoms with Crippen molar-refractivity contribution in [2.45, 2.75) is 0 Å². The Labute approximate surface area is 131 Å². The van der Waals surface area contributed by atoms with E-state index in [1.807, 2.05) is 0 Å². The quantitative estimate of drug-likeness (QED) is 0.797. The number of halogens is 3. The fourth-order valence-electron chi connectivity index (χ4n) is 1.41. The van der Waals surface area contributed by atoms with E-state index in [1.165, 1.54) is 0 Å². The summed E-state index contributed by atoms with van der Waals surface area (Å²) in [6.45, 7) is 0. The molecule has 0 aliphatic rings. The van der Waals surface area contributed by atoms with Gasteiger partial charge in [-0.25, -0.2) is 0 Å². The molecule has 0 bridgehead atoms. The molecule has 6 heteroatoms. The molecule has 98 valence electrons. The van der Waals surface area contributed by atoms with Crippen molar-refractivity contribution in [3.8, 4) is 11.5 Å². The Morgan fingerprint density at radius 3 is 2.32 bits per heavy atom. The highest BCUT2D eigenvalue weighted by Crippen LogP contribution is 2.35. The molecular formula is C13H8Cl3NOS. The summed E-state index contributed by atoms with van der Waals surface area (Å²) in [4.78, 5) is 0.272. The molecule has 0 unspecified atom stereocenters. The average Bonchev–Trinajstić information content (AvgIpc) is 2.36. The standard InChI is InChI=1S/C13H8Cl3NOS/c14-8-2-3-9(15)12(6-8)18-11-4-1-7(13(17)19)5-10(11)16/h1-6H,(H2,17,19). The van der Waals surface area contributed by atoms with Crippen LogP contribution in [0.2, 0.25) is 15.1 Å². The number of thiocarbonyl (C=S) groups is 1. The maximum Gasteiger partial charge on any atom is 0.147 e. The van der Waals surface area contributed by atoms with Crippen LogP contribution in [0, 0.1) is 0 Å². The summed E-state index contributed by atoms with van der Waals surface area (Å²) in [5.74, 6) is 0.880. The van der Waals surface area contributed by atoms with Gasteiger partial charge in [-0.2, -0.15) is 0 Å². The van der Waals surface area contributed by atoms with Crippen molar-refractivity contribution < 1.29 is 4.74 Å². The Morgan fingerprint density at radius 2 is 1.68 bits per heavy atom. The van der Waals surface area contributed by atoms with Crippen molar-refractivity contribution in [3.05, 3.63) is 57.0 Å². The molecule has 2 aromatic carbocycles. The zero-order valence-corrected chi connectivity index (χ0v) is 12.6. The first-order valence-corrected chi connectivity index (χ1v) is 6.74. The molecule has 0 saturated heterocycles. The number of nitrogens with two attached hydrogens (primary N) is 1. The van der Waals surface area contributed by atoms with Crippen LogP contribution in [0.15, 0.2) is 36.4 Å². The number of benzene rings is 2. The lowest BCUT2D eigenvalue weighted by atomic mass is 10.2. The SMILES string of the molecule is NC(=S)c1ccc(Oc2cc(Cl)ccc2Cl)c(Cl)c1. The predicted octanol–water partition coefficient (Wildman–Crippen LogP) is 5.07. The van der Waals surface area contributed by atoms with Gasteiger partial charge in [0.15, 0.2) is 0 Å².